The van der Waals surface area contributed by atoms with Crippen LogP contribution in [0.1, 0.15) is 13.8 Å². The predicted molar refractivity (Wildman–Crippen MR) is 94.7 cm³/mol. The SMILES string of the molecule is CCOP(=S)(OCC)c1nc(-c2ccc(Cl)cc2)sc1Cl. The third-order valence-electron chi connectivity index (χ3n) is 2.52. The summed E-state index contributed by atoms with van der Waals surface area (Å²) in [6.45, 7) is 2.03. The number of hydrogen-bond acceptors (Lipinski definition) is 5. The Morgan fingerprint density at radius 1 is 1.14 bits per heavy atom. The molecule has 0 aliphatic heterocycles. The molecule has 3 nitrogen and oxygen atoms in total. The van der Waals surface area contributed by atoms with Crippen LogP contribution in [0.4, 0.5) is 0 Å². The van der Waals surface area contributed by atoms with E-state index in [2.05, 4.69) is 4.98 Å². The Kier molecular flexibility index (Phi) is 6.21. The summed E-state index contributed by atoms with van der Waals surface area (Å²) in [5.41, 5.74) is 1.48. The van der Waals surface area contributed by atoms with Gasteiger partial charge in [-0.05, 0) is 37.8 Å². The van der Waals surface area contributed by atoms with Gasteiger partial charge in [-0.15, -0.1) is 11.3 Å². The second-order valence-corrected chi connectivity index (χ2v) is 9.37. The van der Waals surface area contributed by atoms with E-state index in [1.54, 1.807) is 0 Å². The van der Waals surface area contributed by atoms with E-state index in [4.69, 9.17) is 44.1 Å². The largest absolute Gasteiger partial charge is 0.325 e. The maximum atomic E-state index is 6.31. The number of halogens is 2. The van der Waals surface area contributed by atoms with E-state index in [9.17, 15) is 0 Å². The lowest BCUT2D eigenvalue weighted by Crippen LogP contribution is -2.12. The first kappa shape index (κ1) is 17.4. The number of hydrogen-bond donors (Lipinski definition) is 0. The molecule has 0 aliphatic carbocycles. The Hall–Kier alpha value is -0.000000000000000167. The van der Waals surface area contributed by atoms with Gasteiger partial charge in [0.25, 0.3) is 0 Å². The highest BCUT2D eigenvalue weighted by atomic mass is 35.5. The van der Waals surface area contributed by atoms with E-state index in [-0.39, 0.29) is 0 Å². The normalized spacial score (nSPS) is 11.8. The van der Waals surface area contributed by atoms with Crippen molar-refractivity contribution in [2.45, 2.75) is 13.8 Å². The molecule has 0 amide bonds. The fourth-order valence-corrected chi connectivity index (χ4v) is 6.45. The van der Waals surface area contributed by atoms with Crippen LogP contribution in [0.5, 0.6) is 0 Å². The molecule has 0 bridgehead atoms. The third kappa shape index (κ3) is 4.05. The molecule has 8 heteroatoms. The van der Waals surface area contributed by atoms with E-state index < -0.39 is 6.49 Å². The molecule has 0 saturated carbocycles. The Labute approximate surface area is 143 Å². The zero-order valence-electron chi connectivity index (χ0n) is 11.5. The standard InChI is InChI=1S/C13H14Cl2NO2PS2/c1-3-17-19(20,18-4-2)12-11(15)21-13(16-12)9-5-7-10(14)8-6-9/h5-8H,3-4H2,1-2H3. The smallest absolute Gasteiger partial charge is 0.240 e. The van der Waals surface area contributed by atoms with Crippen molar-refractivity contribution in [2.75, 3.05) is 13.2 Å². The summed E-state index contributed by atoms with van der Waals surface area (Å²) in [4.78, 5) is 4.56. The van der Waals surface area contributed by atoms with Crippen LogP contribution in [0.3, 0.4) is 0 Å². The summed E-state index contributed by atoms with van der Waals surface area (Å²) >= 11 is 19.1. The number of rotatable bonds is 6. The molecule has 0 saturated heterocycles. The maximum Gasteiger partial charge on any atom is 0.240 e. The molecular formula is C13H14Cl2NO2PS2. The van der Waals surface area contributed by atoms with Crippen LogP contribution in [0.2, 0.25) is 9.36 Å². The molecule has 0 spiro atoms. The summed E-state index contributed by atoms with van der Waals surface area (Å²) in [5.74, 6) is 0. The van der Waals surface area contributed by atoms with Gasteiger partial charge in [-0.1, -0.05) is 35.3 Å². The number of aromatic nitrogens is 1. The Morgan fingerprint density at radius 2 is 1.71 bits per heavy atom. The first-order chi connectivity index (χ1) is 10.00. The Balaban J connectivity index is 2.42. The molecule has 2 rings (SSSR count). The first-order valence-electron chi connectivity index (χ1n) is 6.32. The molecule has 21 heavy (non-hydrogen) atoms. The first-order valence-corrected chi connectivity index (χ1v) is 10.5. The molecule has 1 heterocycles. The van der Waals surface area contributed by atoms with Gasteiger partial charge in [-0.25, -0.2) is 4.98 Å². The van der Waals surface area contributed by atoms with Crippen LogP contribution in [-0.2, 0) is 20.9 Å². The average Bonchev–Trinajstić information content (AvgIpc) is 2.83. The minimum atomic E-state index is -2.64. The van der Waals surface area contributed by atoms with Crippen LogP contribution in [0.25, 0.3) is 10.6 Å². The molecule has 1 aromatic carbocycles. The van der Waals surface area contributed by atoms with Crippen LogP contribution in [0, 0.1) is 0 Å². The van der Waals surface area contributed by atoms with E-state index in [0.717, 1.165) is 10.6 Å². The van der Waals surface area contributed by atoms with Gasteiger partial charge in [-0.3, -0.25) is 0 Å². The van der Waals surface area contributed by atoms with Gasteiger partial charge in [0, 0.05) is 10.6 Å². The highest BCUT2D eigenvalue weighted by Gasteiger charge is 2.28. The van der Waals surface area contributed by atoms with Crippen molar-refractivity contribution in [3.8, 4) is 10.6 Å². The maximum absolute atomic E-state index is 6.31. The van der Waals surface area contributed by atoms with E-state index in [0.29, 0.717) is 28.0 Å². The number of benzene rings is 1. The van der Waals surface area contributed by atoms with Crippen molar-refractivity contribution >= 4 is 58.3 Å². The summed E-state index contributed by atoms with van der Waals surface area (Å²) in [6.07, 6.45) is 0. The summed E-state index contributed by atoms with van der Waals surface area (Å²) in [7, 11) is 0. The molecular weight excluding hydrogens is 368 g/mol. The molecule has 0 radical (unpaired) electrons. The highest BCUT2D eigenvalue weighted by molar-refractivity contribution is 8.13. The second-order valence-electron chi connectivity index (χ2n) is 3.96. The van der Waals surface area contributed by atoms with E-state index in [1.165, 1.54) is 11.3 Å². The van der Waals surface area contributed by atoms with Gasteiger partial charge in [0.05, 0.1) is 13.2 Å². The lowest BCUT2D eigenvalue weighted by molar-refractivity contribution is 0.274. The lowest BCUT2D eigenvalue weighted by atomic mass is 10.2. The molecule has 0 unspecified atom stereocenters. The van der Waals surface area contributed by atoms with Crippen LogP contribution < -0.4 is 5.44 Å². The van der Waals surface area contributed by atoms with Crippen molar-refractivity contribution in [1.82, 2.24) is 4.98 Å². The van der Waals surface area contributed by atoms with E-state index >= 15 is 0 Å². The van der Waals surface area contributed by atoms with Crippen LogP contribution in [-0.4, -0.2) is 18.2 Å². The Morgan fingerprint density at radius 3 is 2.24 bits per heavy atom. The second kappa shape index (κ2) is 7.51. The monoisotopic (exact) mass is 381 g/mol. The molecule has 1 aromatic heterocycles. The van der Waals surface area contributed by atoms with Gasteiger partial charge >= 0.3 is 0 Å². The zero-order chi connectivity index (χ0) is 15.5. The van der Waals surface area contributed by atoms with Gasteiger partial charge in [-0.2, -0.15) is 0 Å². The molecule has 2 aromatic rings. The fourth-order valence-electron chi connectivity index (χ4n) is 1.68. The van der Waals surface area contributed by atoms with Gasteiger partial charge in [0.1, 0.15) is 9.34 Å². The minimum Gasteiger partial charge on any atom is -0.325 e. The van der Waals surface area contributed by atoms with Crippen LogP contribution in [0.15, 0.2) is 24.3 Å². The molecule has 0 fully saturated rings. The van der Waals surface area contributed by atoms with E-state index in [1.807, 2.05) is 38.1 Å². The number of nitrogens with zero attached hydrogens (tertiary/aromatic N) is 1. The fraction of sp³-hybridized carbons (Fsp3) is 0.308. The van der Waals surface area contributed by atoms with Crippen molar-refractivity contribution in [1.29, 1.82) is 0 Å². The molecule has 0 atom stereocenters. The van der Waals surface area contributed by atoms with Crippen molar-refractivity contribution < 1.29 is 9.05 Å². The lowest BCUT2D eigenvalue weighted by Gasteiger charge is -2.19. The van der Waals surface area contributed by atoms with Gasteiger partial charge in [0.15, 0.2) is 5.44 Å². The molecule has 114 valence electrons. The summed E-state index contributed by atoms with van der Waals surface area (Å²) in [6, 6.07) is 7.42. The van der Waals surface area contributed by atoms with Crippen LogP contribution >= 0.6 is 41.0 Å². The van der Waals surface area contributed by atoms with Gasteiger partial charge < -0.3 is 9.05 Å². The molecule has 0 aliphatic rings. The predicted octanol–water partition coefficient (Wildman–Crippen LogP) is 5.12. The van der Waals surface area contributed by atoms with Crippen molar-refractivity contribution in [2.24, 2.45) is 0 Å². The van der Waals surface area contributed by atoms with Crippen molar-refractivity contribution in [3.63, 3.8) is 0 Å². The summed E-state index contributed by atoms with van der Waals surface area (Å²) < 4.78 is 11.8. The number of thiazole rings is 1. The molecule has 0 N–H and O–H groups in total. The quantitative estimate of drug-likeness (QED) is 0.649. The average molecular weight is 382 g/mol. The Bertz CT molecular complexity index is 651. The van der Waals surface area contributed by atoms with Gasteiger partial charge in [0.2, 0.25) is 6.49 Å². The topological polar surface area (TPSA) is 31.4 Å². The third-order valence-corrected chi connectivity index (χ3v) is 7.55. The highest BCUT2D eigenvalue weighted by Crippen LogP contribution is 2.50. The zero-order valence-corrected chi connectivity index (χ0v) is 15.5. The summed E-state index contributed by atoms with van der Waals surface area (Å²) in [5, 5.41) is 1.45. The minimum absolute atomic E-state index is 0.460. The van der Waals surface area contributed by atoms with Crippen molar-refractivity contribution in [3.05, 3.63) is 33.6 Å².